The van der Waals surface area contributed by atoms with E-state index in [0.717, 1.165) is 30.1 Å². The molecule has 1 aliphatic heterocycles. The van der Waals surface area contributed by atoms with Crippen molar-refractivity contribution in [2.45, 2.75) is 19.4 Å². The normalized spacial score (nSPS) is 16.0. The lowest BCUT2D eigenvalue weighted by molar-refractivity contribution is 0.0940. The minimum absolute atomic E-state index is 0.00145. The fourth-order valence-electron chi connectivity index (χ4n) is 3.84. The molecule has 2 heterocycles. The number of halogens is 1. The van der Waals surface area contributed by atoms with Crippen LogP contribution >= 0.6 is 11.6 Å². The number of nitrogens with one attached hydrogen (secondary N) is 2. The minimum atomic E-state index is -0.230. The van der Waals surface area contributed by atoms with Gasteiger partial charge in [0.05, 0.1) is 18.5 Å². The second-order valence-corrected chi connectivity index (χ2v) is 7.78. The maximum absolute atomic E-state index is 12.8. The van der Waals surface area contributed by atoms with E-state index in [-0.39, 0.29) is 17.6 Å². The van der Waals surface area contributed by atoms with Gasteiger partial charge in [0.25, 0.3) is 5.91 Å². The van der Waals surface area contributed by atoms with Crippen molar-refractivity contribution in [2.75, 3.05) is 25.1 Å². The summed E-state index contributed by atoms with van der Waals surface area (Å²) < 4.78 is 6.99. The van der Waals surface area contributed by atoms with Crippen LogP contribution in [0.4, 0.5) is 5.69 Å². The molecule has 0 spiro atoms. The third kappa shape index (κ3) is 3.93. The Morgan fingerprint density at radius 3 is 2.83 bits per heavy atom. The number of imidazole rings is 1. The van der Waals surface area contributed by atoms with E-state index >= 15 is 0 Å². The second kappa shape index (κ2) is 8.28. The monoisotopic (exact) mass is 426 g/mol. The first kappa shape index (κ1) is 20.1. The molecule has 156 valence electrons. The van der Waals surface area contributed by atoms with Crippen molar-refractivity contribution in [3.63, 3.8) is 0 Å². The number of H-pyrrole nitrogens is 1. The number of aryl methyl sites for hydroxylation is 1. The lowest BCUT2D eigenvalue weighted by Crippen LogP contribution is -2.37. The van der Waals surface area contributed by atoms with E-state index in [4.69, 9.17) is 16.3 Å². The zero-order valence-electron chi connectivity index (χ0n) is 16.8. The van der Waals surface area contributed by atoms with E-state index in [9.17, 15) is 9.59 Å². The molecule has 2 aromatic carbocycles. The maximum Gasteiger partial charge on any atom is 0.330 e. The first-order valence-electron chi connectivity index (χ1n) is 9.73. The van der Waals surface area contributed by atoms with Gasteiger partial charge < -0.3 is 19.9 Å². The SMILES string of the molecule is COc1ccc(Cl)cc1N1CC[C@H](NC(=O)c2cccc(-n3c(C)c[nH]c3=O)c2)C1. The van der Waals surface area contributed by atoms with E-state index in [1.165, 1.54) is 0 Å². The number of hydrogen-bond donors (Lipinski definition) is 2. The summed E-state index contributed by atoms with van der Waals surface area (Å²) in [7, 11) is 1.63. The summed E-state index contributed by atoms with van der Waals surface area (Å²) >= 11 is 6.15. The number of aromatic nitrogens is 2. The number of benzene rings is 2. The molecule has 2 N–H and O–H groups in total. The third-order valence-electron chi connectivity index (χ3n) is 5.33. The van der Waals surface area contributed by atoms with Crippen molar-refractivity contribution in [3.8, 4) is 11.4 Å². The van der Waals surface area contributed by atoms with Crippen LogP contribution in [0.15, 0.2) is 53.5 Å². The van der Waals surface area contributed by atoms with Crippen LogP contribution in [0.2, 0.25) is 5.02 Å². The molecule has 1 aromatic heterocycles. The fourth-order valence-corrected chi connectivity index (χ4v) is 4.00. The molecular weight excluding hydrogens is 404 g/mol. The molecule has 1 saturated heterocycles. The number of ether oxygens (including phenoxy) is 1. The first-order valence-corrected chi connectivity index (χ1v) is 10.1. The smallest absolute Gasteiger partial charge is 0.330 e. The van der Waals surface area contributed by atoms with Crippen LogP contribution in [0.1, 0.15) is 22.5 Å². The van der Waals surface area contributed by atoms with Gasteiger partial charge in [0.15, 0.2) is 0 Å². The van der Waals surface area contributed by atoms with E-state index in [1.807, 2.05) is 25.1 Å². The summed E-state index contributed by atoms with van der Waals surface area (Å²) in [5.41, 5.74) is 2.64. The quantitative estimate of drug-likeness (QED) is 0.657. The van der Waals surface area contributed by atoms with Gasteiger partial charge in [0, 0.05) is 41.6 Å². The summed E-state index contributed by atoms with van der Waals surface area (Å²) in [5, 5.41) is 3.74. The number of anilines is 1. The van der Waals surface area contributed by atoms with Crippen LogP contribution < -0.4 is 20.6 Å². The van der Waals surface area contributed by atoms with Gasteiger partial charge in [-0.05, 0) is 49.7 Å². The highest BCUT2D eigenvalue weighted by atomic mass is 35.5. The lowest BCUT2D eigenvalue weighted by atomic mass is 10.1. The summed E-state index contributed by atoms with van der Waals surface area (Å²) in [6.07, 6.45) is 2.46. The van der Waals surface area contributed by atoms with Gasteiger partial charge in [-0.3, -0.25) is 9.36 Å². The van der Waals surface area contributed by atoms with Crippen molar-refractivity contribution in [1.82, 2.24) is 14.9 Å². The Balaban J connectivity index is 1.48. The number of nitrogens with zero attached hydrogens (tertiary/aromatic N) is 2. The molecule has 1 aliphatic rings. The van der Waals surface area contributed by atoms with Crippen LogP contribution in [-0.2, 0) is 0 Å². The molecule has 1 fully saturated rings. The topological polar surface area (TPSA) is 79.4 Å². The Hall–Kier alpha value is -3.19. The molecule has 0 bridgehead atoms. The predicted octanol–water partition coefficient (Wildman–Crippen LogP) is 3.14. The van der Waals surface area contributed by atoms with Gasteiger partial charge in [-0.25, -0.2) is 4.79 Å². The molecule has 7 nitrogen and oxygen atoms in total. The van der Waals surface area contributed by atoms with E-state index in [2.05, 4.69) is 15.2 Å². The fraction of sp³-hybridized carbons (Fsp3) is 0.273. The number of amides is 1. The Labute approximate surface area is 179 Å². The average molecular weight is 427 g/mol. The first-order chi connectivity index (χ1) is 14.5. The standard InChI is InChI=1S/C22H23ClN4O3/c1-14-12-24-22(29)27(14)18-5-3-4-15(10-18)21(28)25-17-8-9-26(13-17)19-11-16(23)6-7-20(19)30-2/h3-7,10-12,17H,8-9,13H2,1-2H3,(H,24,29)(H,25,28)/t17-/m0/s1. The Morgan fingerprint density at radius 2 is 2.10 bits per heavy atom. The van der Waals surface area contributed by atoms with Crippen LogP contribution in [0, 0.1) is 6.92 Å². The van der Waals surface area contributed by atoms with Gasteiger partial charge in [-0.2, -0.15) is 0 Å². The van der Waals surface area contributed by atoms with Crippen molar-refractivity contribution < 1.29 is 9.53 Å². The molecule has 30 heavy (non-hydrogen) atoms. The van der Waals surface area contributed by atoms with Gasteiger partial charge in [-0.15, -0.1) is 0 Å². The van der Waals surface area contributed by atoms with Crippen molar-refractivity contribution in [2.24, 2.45) is 0 Å². The molecule has 1 atom stereocenters. The van der Waals surface area contributed by atoms with E-state index < -0.39 is 0 Å². The summed E-state index contributed by atoms with van der Waals surface area (Å²) in [4.78, 5) is 29.7. The molecule has 1 amide bonds. The highest BCUT2D eigenvalue weighted by Gasteiger charge is 2.26. The maximum atomic E-state index is 12.8. The van der Waals surface area contributed by atoms with E-state index in [0.29, 0.717) is 22.8 Å². The van der Waals surface area contributed by atoms with Crippen molar-refractivity contribution in [3.05, 3.63) is 75.4 Å². The van der Waals surface area contributed by atoms with Gasteiger partial charge >= 0.3 is 5.69 Å². The molecule has 0 unspecified atom stereocenters. The number of hydrogen-bond acceptors (Lipinski definition) is 4. The molecule has 4 rings (SSSR count). The summed E-state index contributed by atoms with van der Waals surface area (Å²) in [6.45, 7) is 3.29. The van der Waals surface area contributed by atoms with Gasteiger partial charge in [0.2, 0.25) is 0 Å². The highest BCUT2D eigenvalue weighted by molar-refractivity contribution is 6.30. The highest BCUT2D eigenvalue weighted by Crippen LogP contribution is 2.33. The molecule has 3 aromatic rings. The number of carbonyl (C=O) groups is 1. The van der Waals surface area contributed by atoms with Gasteiger partial charge in [-0.1, -0.05) is 17.7 Å². The molecule has 0 saturated carbocycles. The number of carbonyl (C=O) groups excluding carboxylic acids is 1. The van der Waals surface area contributed by atoms with Crippen LogP contribution in [0.3, 0.4) is 0 Å². The van der Waals surface area contributed by atoms with Crippen LogP contribution in [0.25, 0.3) is 5.69 Å². The zero-order valence-corrected chi connectivity index (χ0v) is 17.6. The number of aromatic amines is 1. The van der Waals surface area contributed by atoms with Crippen molar-refractivity contribution in [1.29, 1.82) is 0 Å². The Kier molecular flexibility index (Phi) is 5.55. The van der Waals surface area contributed by atoms with E-state index in [1.54, 1.807) is 42.1 Å². The number of methoxy groups -OCH3 is 1. The Morgan fingerprint density at radius 1 is 1.27 bits per heavy atom. The van der Waals surface area contributed by atoms with Crippen molar-refractivity contribution >= 4 is 23.2 Å². The molecule has 0 radical (unpaired) electrons. The van der Waals surface area contributed by atoms with Gasteiger partial charge in [0.1, 0.15) is 5.75 Å². The van der Waals surface area contributed by atoms with Crippen LogP contribution in [-0.4, -0.2) is 41.7 Å². The lowest BCUT2D eigenvalue weighted by Gasteiger charge is -2.22. The molecule has 0 aliphatic carbocycles. The Bertz CT molecular complexity index is 1140. The predicted molar refractivity (Wildman–Crippen MR) is 117 cm³/mol. The minimum Gasteiger partial charge on any atom is -0.495 e. The zero-order chi connectivity index (χ0) is 21.3. The van der Waals surface area contributed by atoms with Crippen LogP contribution in [0.5, 0.6) is 5.75 Å². The third-order valence-corrected chi connectivity index (χ3v) is 5.57. The molecular formula is C22H23ClN4O3. The summed E-state index contributed by atoms with van der Waals surface area (Å²) in [5.74, 6) is 0.592. The summed E-state index contributed by atoms with van der Waals surface area (Å²) in [6, 6.07) is 12.6. The second-order valence-electron chi connectivity index (χ2n) is 7.34. The average Bonchev–Trinajstić information content (AvgIpc) is 3.34. The largest absolute Gasteiger partial charge is 0.495 e. The number of rotatable bonds is 5. The molecule has 8 heteroatoms.